The third kappa shape index (κ3) is 4.00. The molecule has 0 aliphatic rings. The summed E-state index contributed by atoms with van der Waals surface area (Å²) in [5.74, 6) is 0. The fourth-order valence-corrected chi connectivity index (χ4v) is 2.95. The Labute approximate surface area is 129 Å². The monoisotopic (exact) mass is 345 g/mol. The molecule has 10 heteroatoms. The van der Waals surface area contributed by atoms with E-state index in [0.29, 0.717) is 9.90 Å². The second-order valence-corrected chi connectivity index (χ2v) is 6.93. The number of rotatable bonds is 5. The van der Waals surface area contributed by atoms with Crippen LogP contribution in [0.2, 0.25) is 5.02 Å². The highest BCUT2D eigenvalue weighted by Crippen LogP contribution is 2.22. The quantitative estimate of drug-likeness (QED) is 0.511. The number of nitrogens with zero attached hydrogens (tertiary/aromatic N) is 2. The van der Waals surface area contributed by atoms with Crippen LogP contribution in [-0.4, -0.2) is 19.6 Å². The van der Waals surface area contributed by atoms with Crippen molar-refractivity contribution in [2.24, 2.45) is 5.10 Å². The number of nitro groups is 1. The third-order valence-corrected chi connectivity index (χ3v) is 4.74. The van der Waals surface area contributed by atoms with Crippen molar-refractivity contribution < 1.29 is 13.3 Å². The van der Waals surface area contributed by atoms with Crippen LogP contribution >= 0.6 is 22.9 Å². The molecule has 0 saturated carbocycles. The van der Waals surface area contributed by atoms with E-state index >= 15 is 0 Å². The maximum absolute atomic E-state index is 11.9. The van der Waals surface area contributed by atoms with Gasteiger partial charge in [-0.15, -0.1) is 0 Å². The molecular formula is C11H8ClN3O4S2. The van der Waals surface area contributed by atoms with Crippen LogP contribution in [0, 0.1) is 10.1 Å². The second kappa shape index (κ2) is 6.20. The summed E-state index contributed by atoms with van der Waals surface area (Å²) in [6.07, 6.45) is 1.20. The van der Waals surface area contributed by atoms with E-state index in [1.807, 2.05) is 4.83 Å². The fraction of sp³-hybridized carbons (Fsp3) is 0. The third-order valence-electron chi connectivity index (χ3n) is 2.28. The topological polar surface area (TPSA) is 102 Å². The summed E-state index contributed by atoms with van der Waals surface area (Å²) in [6.45, 7) is 0. The molecule has 0 amide bonds. The summed E-state index contributed by atoms with van der Waals surface area (Å²) in [6, 6.07) is 8.37. The van der Waals surface area contributed by atoms with Gasteiger partial charge in [0.2, 0.25) is 0 Å². The fourth-order valence-electron chi connectivity index (χ4n) is 1.34. The number of benzene rings is 1. The van der Waals surface area contributed by atoms with Crippen molar-refractivity contribution >= 4 is 44.2 Å². The van der Waals surface area contributed by atoms with Gasteiger partial charge in [-0.25, -0.2) is 4.83 Å². The van der Waals surface area contributed by atoms with Crippen LogP contribution in [0.4, 0.5) is 5.00 Å². The molecule has 21 heavy (non-hydrogen) atoms. The van der Waals surface area contributed by atoms with Gasteiger partial charge in [-0.05, 0) is 30.3 Å². The van der Waals surface area contributed by atoms with E-state index in [0.717, 1.165) is 11.3 Å². The van der Waals surface area contributed by atoms with Crippen LogP contribution < -0.4 is 4.83 Å². The minimum Gasteiger partial charge on any atom is -0.258 e. The zero-order chi connectivity index (χ0) is 15.5. The Kier molecular flexibility index (Phi) is 4.56. The summed E-state index contributed by atoms with van der Waals surface area (Å²) >= 11 is 6.56. The molecule has 0 bridgehead atoms. The SMILES string of the molecule is O=[N+]([O-])c1ccc(/C=N/NS(=O)(=O)c2ccc(Cl)cc2)s1. The van der Waals surface area contributed by atoms with Crippen molar-refractivity contribution in [2.75, 3.05) is 0 Å². The largest absolute Gasteiger partial charge is 0.324 e. The van der Waals surface area contributed by atoms with Crippen molar-refractivity contribution in [1.29, 1.82) is 0 Å². The maximum Gasteiger partial charge on any atom is 0.324 e. The highest BCUT2D eigenvalue weighted by Gasteiger charge is 2.12. The zero-order valence-corrected chi connectivity index (χ0v) is 12.7. The summed E-state index contributed by atoms with van der Waals surface area (Å²) in [5, 5.41) is 14.5. The lowest BCUT2D eigenvalue weighted by molar-refractivity contribution is -0.380. The molecule has 0 aliphatic carbocycles. The first-order valence-corrected chi connectivity index (χ1v) is 8.11. The van der Waals surface area contributed by atoms with Gasteiger partial charge in [0.15, 0.2) is 0 Å². The number of hydrogen-bond donors (Lipinski definition) is 1. The molecule has 0 unspecified atom stereocenters. The highest BCUT2D eigenvalue weighted by atomic mass is 35.5. The first-order chi connectivity index (χ1) is 9.88. The van der Waals surface area contributed by atoms with E-state index in [1.165, 1.54) is 42.6 Å². The van der Waals surface area contributed by atoms with Crippen LogP contribution in [0.3, 0.4) is 0 Å². The predicted molar refractivity (Wildman–Crippen MR) is 80.3 cm³/mol. The van der Waals surface area contributed by atoms with Gasteiger partial charge in [-0.3, -0.25) is 10.1 Å². The van der Waals surface area contributed by atoms with Crippen LogP contribution in [0.5, 0.6) is 0 Å². The lowest BCUT2D eigenvalue weighted by Crippen LogP contribution is -2.18. The summed E-state index contributed by atoms with van der Waals surface area (Å²) in [7, 11) is -3.79. The number of nitrogens with one attached hydrogen (secondary N) is 1. The lowest BCUT2D eigenvalue weighted by atomic mass is 10.4. The van der Waals surface area contributed by atoms with Gasteiger partial charge in [0.25, 0.3) is 10.0 Å². The molecule has 0 saturated heterocycles. The Balaban J connectivity index is 2.08. The molecule has 1 heterocycles. The molecule has 2 aromatic rings. The predicted octanol–water partition coefficient (Wildman–Crippen LogP) is 2.62. The molecule has 1 aromatic carbocycles. The van der Waals surface area contributed by atoms with Crippen molar-refractivity contribution in [3.63, 3.8) is 0 Å². The van der Waals surface area contributed by atoms with E-state index in [-0.39, 0.29) is 9.90 Å². The van der Waals surface area contributed by atoms with Gasteiger partial charge in [0, 0.05) is 11.1 Å². The molecule has 2 rings (SSSR count). The first kappa shape index (κ1) is 15.4. The van der Waals surface area contributed by atoms with Crippen molar-refractivity contribution in [3.8, 4) is 0 Å². The zero-order valence-electron chi connectivity index (χ0n) is 10.3. The minimum atomic E-state index is -3.79. The number of sulfonamides is 1. The Morgan fingerprint density at radius 2 is 1.90 bits per heavy atom. The van der Waals surface area contributed by atoms with Crippen LogP contribution in [0.15, 0.2) is 46.4 Å². The maximum atomic E-state index is 11.9. The van der Waals surface area contributed by atoms with Crippen LogP contribution in [0.25, 0.3) is 0 Å². The van der Waals surface area contributed by atoms with E-state index < -0.39 is 14.9 Å². The van der Waals surface area contributed by atoms with Gasteiger partial charge >= 0.3 is 5.00 Å². The highest BCUT2D eigenvalue weighted by molar-refractivity contribution is 7.89. The van der Waals surface area contributed by atoms with Crippen molar-refractivity contribution in [2.45, 2.75) is 4.90 Å². The molecule has 0 aliphatic heterocycles. The van der Waals surface area contributed by atoms with Gasteiger partial charge < -0.3 is 0 Å². The van der Waals surface area contributed by atoms with E-state index in [2.05, 4.69) is 5.10 Å². The molecule has 110 valence electrons. The molecule has 0 atom stereocenters. The minimum absolute atomic E-state index is 0.0150. The molecule has 1 N–H and O–H groups in total. The second-order valence-electron chi connectivity index (χ2n) is 3.74. The Hall–Kier alpha value is -1.97. The Morgan fingerprint density at radius 3 is 2.48 bits per heavy atom. The molecule has 7 nitrogen and oxygen atoms in total. The van der Waals surface area contributed by atoms with E-state index in [4.69, 9.17) is 11.6 Å². The van der Waals surface area contributed by atoms with Crippen molar-refractivity contribution in [1.82, 2.24) is 4.83 Å². The molecule has 0 radical (unpaired) electrons. The smallest absolute Gasteiger partial charge is 0.258 e. The summed E-state index contributed by atoms with van der Waals surface area (Å²) in [5.41, 5.74) is 0. The molecule has 1 aromatic heterocycles. The van der Waals surface area contributed by atoms with E-state index in [9.17, 15) is 18.5 Å². The average molecular weight is 346 g/mol. The summed E-state index contributed by atoms with van der Waals surface area (Å²) in [4.78, 5) is 12.5. The van der Waals surface area contributed by atoms with Crippen molar-refractivity contribution in [3.05, 3.63) is 56.4 Å². The number of halogens is 1. The number of thiophene rings is 1. The number of hydrazone groups is 1. The van der Waals surface area contributed by atoms with Crippen LogP contribution in [0.1, 0.15) is 4.88 Å². The van der Waals surface area contributed by atoms with Gasteiger partial charge in [0.1, 0.15) is 0 Å². The summed E-state index contributed by atoms with van der Waals surface area (Å²) < 4.78 is 23.7. The number of hydrogen-bond acceptors (Lipinski definition) is 6. The molecule has 0 fully saturated rings. The first-order valence-electron chi connectivity index (χ1n) is 5.43. The van der Waals surface area contributed by atoms with E-state index in [1.54, 1.807) is 0 Å². The molecule has 0 spiro atoms. The average Bonchev–Trinajstić information content (AvgIpc) is 2.88. The standard InChI is InChI=1S/C11H8ClN3O4S2/c12-8-1-4-10(5-2-8)21(18,19)14-13-7-9-3-6-11(20-9)15(16)17/h1-7,14H/b13-7+. The Bertz CT molecular complexity index is 784. The molecular weight excluding hydrogens is 338 g/mol. The van der Waals surface area contributed by atoms with Gasteiger partial charge in [-0.2, -0.15) is 13.5 Å². The van der Waals surface area contributed by atoms with Gasteiger partial charge in [0.05, 0.1) is 20.9 Å². The Morgan fingerprint density at radius 1 is 1.24 bits per heavy atom. The van der Waals surface area contributed by atoms with Gasteiger partial charge in [-0.1, -0.05) is 22.9 Å². The normalized spacial score (nSPS) is 11.7. The lowest BCUT2D eigenvalue weighted by Gasteiger charge is -2.02. The van der Waals surface area contributed by atoms with Crippen LogP contribution in [-0.2, 0) is 10.0 Å².